The molecule has 21 heavy (non-hydrogen) atoms. The molecule has 2 N–H and O–H groups in total. The highest BCUT2D eigenvalue weighted by Gasteiger charge is 2.48. The minimum atomic E-state index is -0.546. The molecule has 1 aliphatic carbocycles. The molecule has 1 aromatic carbocycles. The monoisotopic (exact) mass is 290 g/mol. The predicted octanol–water partition coefficient (Wildman–Crippen LogP) is 3.11. The summed E-state index contributed by atoms with van der Waals surface area (Å²) in [5, 5.41) is 0. The van der Waals surface area contributed by atoms with E-state index in [0.717, 1.165) is 36.9 Å². The lowest BCUT2D eigenvalue weighted by Crippen LogP contribution is -2.42. The van der Waals surface area contributed by atoms with Gasteiger partial charge in [-0.2, -0.15) is 0 Å². The number of hydrogen-bond donors (Lipinski definition) is 1. The summed E-state index contributed by atoms with van der Waals surface area (Å²) in [6.07, 6.45) is 4.43. The van der Waals surface area contributed by atoms with Gasteiger partial charge in [0.15, 0.2) is 0 Å². The summed E-state index contributed by atoms with van der Waals surface area (Å²) in [5.74, 6) is -0.171. The van der Waals surface area contributed by atoms with Crippen LogP contribution in [0.2, 0.25) is 0 Å². The van der Waals surface area contributed by atoms with Gasteiger partial charge >= 0.3 is 0 Å². The number of rotatable bonds is 2. The number of benzene rings is 1. The Bertz CT molecular complexity index is 571. The van der Waals surface area contributed by atoms with E-state index in [1.165, 1.54) is 6.07 Å². The fraction of sp³-hybridized carbons (Fsp3) is 0.588. The molecule has 0 atom stereocenters. The zero-order chi connectivity index (χ0) is 15.3. The number of nitrogens with zero attached hydrogens (tertiary/aromatic N) is 1. The van der Waals surface area contributed by atoms with Gasteiger partial charge in [-0.05, 0) is 38.8 Å². The van der Waals surface area contributed by atoms with Crippen molar-refractivity contribution in [2.45, 2.75) is 56.9 Å². The molecule has 1 fully saturated rings. The van der Waals surface area contributed by atoms with E-state index in [-0.39, 0.29) is 23.6 Å². The number of carbonyl (C=O) groups excluding carboxylic acids is 1. The van der Waals surface area contributed by atoms with E-state index in [0.29, 0.717) is 6.54 Å². The van der Waals surface area contributed by atoms with Gasteiger partial charge in [0.05, 0.1) is 5.69 Å². The van der Waals surface area contributed by atoms with Crippen molar-refractivity contribution in [3.63, 3.8) is 0 Å². The maximum absolute atomic E-state index is 14.4. The molecule has 4 heteroatoms. The fourth-order valence-electron chi connectivity index (χ4n) is 3.90. The highest BCUT2D eigenvalue weighted by atomic mass is 19.1. The van der Waals surface area contributed by atoms with Crippen LogP contribution in [0.5, 0.6) is 0 Å². The van der Waals surface area contributed by atoms with Crippen LogP contribution < -0.4 is 10.6 Å². The van der Waals surface area contributed by atoms with E-state index >= 15 is 0 Å². The Morgan fingerprint density at radius 1 is 1.38 bits per heavy atom. The van der Waals surface area contributed by atoms with Gasteiger partial charge in [-0.1, -0.05) is 18.9 Å². The molecular formula is C17H23FN2O. The van der Waals surface area contributed by atoms with Gasteiger partial charge in [-0.15, -0.1) is 0 Å². The van der Waals surface area contributed by atoms with Crippen molar-refractivity contribution in [2.75, 3.05) is 11.4 Å². The summed E-state index contributed by atoms with van der Waals surface area (Å²) in [6.45, 7) is 4.30. The Balaban J connectivity index is 1.99. The summed E-state index contributed by atoms with van der Waals surface area (Å²) in [7, 11) is 0. The number of halogens is 1. The molecule has 1 aliphatic heterocycles. The van der Waals surface area contributed by atoms with E-state index in [9.17, 15) is 9.18 Å². The first kappa shape index (κ1) is 14.5. The van der Waals surface area contributed by atoms with Crippen LogP contribution >= 0.6 is 0 Å². The zero-order valence-electron chi connectivity index (χ0n) is 12.8. The quantitative estimate of drug-likeness (QED) is 0.909. The molecule has 2 aliphatic rings. The Hall–Kier alpha value is -1.42. The first-order valence-electron chi connectivity index (χ1n) is 7.71. The van der Waals surface area contributed by atoms with Crippen LogP contribution in [-0.2, 0) is 10.2 Å². The molecule has 114 valence electrons. The molecule has 0 unspecified atom stereocenters. The molecule has 1 spiro atoms. The van der Waals surface area contributed by atoms with Crippen LogP contribution in [0.15, 0.2) is 18.2 Å². The average molecular weight is 290 g/mol. The second kappa shape index (κ2) is 4.80. The summed E-state index contributed by atoms with van der Waals surface area (Å²) in [6, 6.07) is 5.07. The van der Waals surface area contributed by atoms with Crippen LogP contribution in [0.1, 0.15) is 51.5 Å². The summed E-state index contributed by atoms with van der Waals surface area (Å²) in [5.41, 5.74) is 6.77. The van der Waals surface area contributed by atoms with E-state index in [2.05, 4.69) is 0 Å². The van der Waals surface area contributed by atoms with Crippen molar-refractivity contribution in [1.29, 1.82) is 0 Å². The fourth-order valence-corrected chi connectivity index (χ4v) is 3.90. The molecule has 3 nitrogen and oxygen atoms in total. The van der Waals surface area contributed by atoms with Crippen LogP contribution in [-0.4, -0.2) is 18.0 Å². The standard InChI is InChI=1S/C17H23FN2O/c1-16(2,19)10-14(21)20-11-17(8-3-4-9-17)15-12(18)6-5-7-13(15)20/h5-7H,3-4,8-11,19H2,1-2H3. The van der Waals surface area contributed by atoms with Crippen molar-refractivity contribution in [2.24, 2.45) is 5.73 Å². The van der Waals surface area contributed by atoms with Crippen molar-refractivity contribution in [3.8, 4) is 0 Å². The Morgan fingerprint density at radius 3 is 2.67 bits per heavy atom. The van der Waals surface area contributed by atoms with Crippen LogP contribution in [0.4, 0.5) is 10.1 Å². The van der Waals surface area contributed by atoms with Crippen LogP contribution in [0.3, 0.4) is 0 Å². The maximum atomic E-state index is 14.4. The summed E-state index contributed by atoms with van der Waals surface area (Å²) < 4.78 is 14.4. The van der Waals surface area contributed by atoms with Gasteiger partial charge in [-0.25, -0.2) is 4.39 Å². The summed E-state index contributed by atoms with van der Waals surface area (Å²) in [4.78, 5) is 14.4. The first-order valence-corrected chi connectivity index (χ1v) is 7.71. The largest absolute Gasteiger partial charge is 0.325 e. The van der Waals surface area contributed by atoms with E-state index in [1.807, 2.05) is 19.9 Å². The number of hydrogen-bond acceptors (Lipinski definition) is 2. The number of amides is 1. The average Bonchev–Trinajstić information content (AvgIpc) is 2.95. The normalized spacial score (nSPS) is 20.1. The molecule has 0 aromatic heterocycles. The van der Waals surface area contributed by atoms with Gasteiger partial charge < -0.3 is 10.6 Å². The molecule has 0 radical (unpaired) electrons. The topological polar surface area (TPSA) is 46.3 Å². The van der Waals surface area contributed by atoms with Crippen molar-refractivity contribution < 1.29 is 9.18 Å². The lowest BCUT2D eigenvalue weighted by molar-refractivity contribution is -0.119. The second-order valence-corrected chi connectivity index (χ2v) is 7.27. The smallest absolute Gasteiger partial charge is 0.228 e. The Labute approximate surface area is 125 Å². The van der Waals surface area contributed by atoms with Gasteiger partial charge in [0.2, 0.25) is 5.91 Å². The SMILES string of the molecule is CC(C)(N)CC(=O)N1CC2(CCCC2)c2c(F)cccc21. The molecule has 1 heterocycles. The van der Waals surface area contributed by atoms with Gasteiger partial charge in [-0.3, -0.25) is 4.79 Å². The number of anilines is 1. The number of nitrogens with two attached hydrogens (primary N) is 1. The zero-order valence-corrected chi connectivity index (χ0v) is 12.8. The van der Waals surface area contributed by atoms with Crippen LogP contribution in [0.25, 0.3) is 0 Å². The minimum absolute atomic E-state index is 0.00174. The third kappa shape index (κ3) is 2.46. The van der Waals surface area contributed by atoms with Gasteiger partial charge in [0.25, 0.3) is 0 Å². The van der Waals surface area contributed by atoms with E-state index < -0.39 is 5.54 Å². The minimum Gasteiger partial charge on any atom is -0.325 e. The molecule has 0 bridgehead atoms. The molecule has 3 rings (SSSR count). The third-order valence-corrected chi connectivity index (χ3v) is 4.74. The van der Waals surface area contributed by atoms with Gasteiger partial charge in [0.1, 0.15) is 5.82 Å². The predicted molar refractivity (Wildman–Crippen MR) is 81.8 cm³/mol. The summed E-state index contributed by atoms with van der Waals surface area (Å²) >= 11 is 0. The van der Waals surface area contributed by atoms with E-state index in [4.69, 9.17) is 5.73 Å². The lowest BCUT2D eigenvalue weighted by atomic mass is 9.80. The highest BCUT2D eigenvalue weighted by Crippen LogP contribution is 2.51. The number of carbonyl (C=O) groups is 1. The van der Waals surface area contributed by atoms with Gasteiger partial charge in [0, 0.05) is 29.5 Å². The molecule has 1 saturated carbocycles. The second-order valence-electron chi connectivity index (χ2n) is 7.27. The highest BCUT2D eigenvalue weighted by molar-refractivity contribution is 5.97. The molecular weight excluding hydrogens is 267 g/mol. The third-order valence-electron chi connectivity index (χ3n) is 4.74. The van der Waals surface area contributed by atoms with Crippen molar-refractivity contribution in [1.82, 2.24) is 0 Å². The number of fused-ring (bicyclic) bond motifs is 2. The Morgan fingerprint density at radius 2 is 2.05 bits per heavy atom. The maximum Gasteiger partial charge on any atom is 0.228 e. The Kier molecular flexibility index (Phi) is 3.32. The van der Waals surface area contributed by atoms with E-state index in [1.54, 1.807) is 11.0 Å². The van der Waals surface area contributed by atoms with Crippen molar-refractivity contribution in [3.05, 3.63) is 29.6 Å². The first-order chi connectivity index (χ1) is 9.82. The molecule has 0 saturated heterocycles. The van der Waals surface area contributed by atoms with Crippen molar-refractivity contribution >= 4 is 11.6 Å². The lowest BCUT2D eigenvalue weighted by Gasteiger charge is -2.26. The molecule has 1 amide bonds. The molecule has 1 aromatic rings. The van der Waals surface area contributed by atoms with Crippen LogP contribution in [0, 0.1) is 5.82 Å².